The molecule has 3 rings (SSSR count). The van der Waals surface area contributed by atoms with Crippen molar-refractivity contribution in [2.24, 2.45) is 0 Å². The number of hydrogen-bond acceptors (Lipinski definition) is 6. The summed E-state index contributed by atoms with van der Waals surface area (Å²) in [5.74, 6) is -0.446. The molecule has 0 aliphatic carbocycles. The number of methoxy groups -OCH3 is 1. The van der Waals surface area contributed by atoms with Crippen molar-refractivity contribution < 1.29 is 27.9 Å². The molecular weight excluding hydrogens is 406 g/mol. The minimum absolute atomic E-state index is 0.134. The van der Waals surface area contributed by atoms with Gasteiger partial charge in [0.2, 0.25) is 5.54 Å². The lowest BCUT2D eigenvalue weighted by Crippen LogP contribution is -2.46. The highest BCUT2D eigenvalue weighted by molar-refractivity contribution is 7.90. The van der Waals surface area contributed by atoms with Crippen LogP contribution in [0.4, 0.5) is 0 Å². The number of sulfone groups is 1. The molecule has 0 saturated heterocycles. The van der Waals surface area contributed by atoms with Gasteiger partial charge in [0, 0.05) is 11.8 Å². The van der Waals surface area contributed by atoms with E-state index in [0.29, 0.717) is 28.2 Å². The summed E-state index contributed by atoms with van der Waals surface area (Å²) < 4.78 is 28.6. The number of carbonyl (C=O) groups is 1. The van der Waals surface area contributed by atoms with Gasteiger partial charge >= 0.3 is 5.97 Å². The Bertz CT molecular complexity index is 1080. The molecule has 1 atom stereocenters. The molecule has 7 nitrogen and oxygen atoms in total. The van der Waals surface area contributed by atoms with Crippen LogP contribution in [0.5, 0.6) is 5.75 Å². The first kappa shape index (κ1) is 20.2. The zero-order chi connectivity index (χ0) is 20.7. The highest BCUT2D eigenvalue weighted by Gasteiger charge is 2.51. The molecule has 1 unspecified atom stereocenters. The van der Waals surface area contributed by atoms with E-state index in [2.05, 4.69) is 5.48 Å². The van der Waals surface area contributed by atoms with Gasteiger partial charge in [0.05, 0.1) is 17.0 Å². The van der Waals surface area contributed by atoms with Crippen LogP contribution in [0.25, 0.3) is 5.57 Å². The molecule has 9 heteroatoms. The molecule has 0 fully saturated rings. The third kappa shape index (κ3) is 3.23. The lowest BCUT2D eigenvalue weighted by molar-refractivity contribution is -0.145. The van der Waals surface area contributed by atoms with Gasteiger partial charge in [-0.1, -0.05) is 29.8 Å². The second-order valence-corrected chi connectivity index (χ2v) is 8.76. The lowest BCUT2D eigenvalue weighted by Gasteiger charge is -2.27. The number of aliphatic carboxylic acids is 1. The van der Waals surface area contributed by atoms with Crippen molar-refractivity contribution >= 4 is 33.0 Å². The molecule has 0 saturated carbocycles. The molecule has 2 aromatic rings. The van der Waals surface area contributed by atoms with E-state index >= 15 is 0 Å². The van der Waals surface area contributed by atoms with E-state index in [1.807, 2.05) is 0 Å². The van der Waals surface area contributed by atoms with Crippen molar-refractivity contribution in [3.63, 3.8) is 0 Å². The highest BCUT2D eigenvalue weighted by Crippen LogP contribution is 2.44. The van der Waals surface area contributed by atoms with Crippen LogP contribution in [-0.2, 0) is 25.0 Å². The Balaban J connectivity index is 2.19. The fraction of sp³-hybridized carbons (Fsp3) is 0.211. The molecule has 0 bridgehead atoms. The van der Waals surface area contributed by atoms with Gasteiger partial charge in [0.25, 0.3) is 0 Å². The summed E-state index contributed by atoms with van der Waals surface area (Å²) in [4.78, 5) is 17.9. The zero-order valence-corrected chi connectivity index (χ0v) is 16.9. The van der Waals surface area contributed by atoms with Crippen LogP contribution in [-0.4, -0.2) is 32.9 Å². The Morgan fingerprint density at radius 1 is 1.21 bits per heavy atom. The molecule has 1 aliphatic rings. The highest BCUT2D eigenvalue weighted by atomic mass is 35.5. The van der Waals surface area contributed by atoms with Crippen molar-refractivity contribution in [1.29, 1.82) is 0 Å². The first-order chi connectivity index (χ1) is 13.1. The van der Waals surface area contributed by atoms with Gasteiger partial charge in [-0.05, 0) is 42.3 Å². The van der Waals surface area contributed by atoms with Crippen LogP contribution in [0.1, 0.15) is 18.1 Å². The number of ether oxygens (including phenoxy) is 1. The molecule has 28 heavy (non-hydrogen) atoms. The maximum absolute atomic E-state index is 12.4. The maximum atomic E-state index is 12.4. The molecule has 0 aromatic heterocycles. The fourth-order valence-electron chi connectivity index (χ4n) is 3.18. The van der Waals surface area contributed by atoms with Crippen molar-refractivity contribution in [3.05, 3.63) is 64.4 Å². The van der Waals surface area contributed by atoms with E-state index in [4.69, 9.17) is 21.2 Å². The quantitative estimate of drug-likeness (QED) is 0.762. The normalized spacial score (nSPS) is 19.4. The van der Waals surface area contributed by atoms with Crippen molar-refractivity contribution in [2.75, 3.05) is 13.4 Å². The number of benzene rings is 2. The van der Waals surface area contributed by atoms with E-state index in [9.17, 15) is 18.3 Å². The van der Waals surface area contributed by atoms with Crippen molar-refractivity contribution in [3.8, 4) is 5.75 Å². The standard InChI is InChI=1S/C19H18ClNO6S/c1-11-17(12-4-7-14(8-5-12)28(3,24)25)19(18(22)23,21-27-11)13-6-9-16(26-2)15(20)10-13/h4-10,21H,1-3H3,(H,22,23). The number of hydrogen-bond donors (Lipinski definition) is 2. The molecule has 2 aromatic carbocycles. The predicted octanol–water partition coefficient (Wildman–Crippen LogP) is 3.00. The third-order valence-corrected chi connectivity index (χ3v) is 5.98. The Hall–Kier alpha value is -2.55. The van der Waals surface area contributed by atoms with Crippen LogP contribution in [0.15, 0.2) is 53.1 Å². The average molecular weight is 424 g/mol. The second kappa shape index (κ2) is 7.12. The number of allylic oxidation sites excluding steroid dienone is 1. The van der Waals surface area contributed by atoms with Gasteiger partial charge < -0.3 is 14.7 Å². The number of carboxylic acids is 1. The summed E-state index contributed by atoms with van der Waals surface area (Å²) >= 11 is 6.21. The number of halogens is 1. The SMILES string of the molecule is COc1ccc(C2(C(=O)O)NOC(C)=C2c2ccc(S(C)(=O)=O)cc2)cc1Cl. The Morgan fingerprint density at radius 2 is 1.86 bits per heavy atom. The smallest absolute Gasteiger partial charge is 0.336 e. The number of carboxylic acid groups (broad SMARTS) is 1. The third-order valence-electron chi connectivity index (χ3n) is 4.56. The van der Waals surface area contributed by atoms with Crippen LogP contribution in [0.3, 0.4) is 0 Å². The van der Waals surface area contributed by atoms with Crippen LogP contribution < -0.4 is 10.2 Å². The van der Waals surface area contributed by atoms with Crippen LogP contribution in [0, 0.1) is 0 Å². The van der Waals surface area contributed by atoms with Gasteiger partial charge in [-0.25, -0.2) is 13.2 Å². The van der Waals surface area contributed by atoms with E-state index in [1.54, 1.807) is 31.2 Å². The maximum Gasteiger partial charge on any atom is 0.336 e. The molecule has 0 amide bonds. The van der Waals surface area contributed by atoms with Gasteiger partial charge in [-0.15, -0.1) is 5.48 Å². The molecule has 2 N–H and O–H groups in total. The van der Waals surface area contributed by atoms with E-state index in [-0.39, 0.29) is 9.92 Å². The van der Waals surface area contributed by atoms with Gasteiger partial charge in [0.1, 0.15) is 11.5 Å². The van der Waals surface area contributed by atoms with E-state index in [1.165, 1.54) is 25.3 Å². The Morgan fingerprint density at radius 3 is 2.36 bits per heavy atom. The second-order valence-electron chi connectivity index (χ2n) is 6.34. The number of nitrogens with one attached hydrogen (secondary N) is 1. The molecule has 1 aliphatic heterocycles. The predicted molar refractivity (Wildman–Crippen MR) is 104 cm³/mol. The molecule has 0 radical (unpaired) electrons. The minimum Gasteiger partial charge on any atom is -0.495 e. The number of rotatable bonds is 5. The topological polar surface area (TPSA) is 102 Å². The summed E-state index contributed by atoms with van der Waals surface area (Å²) in [6, 6.07) is 10.6. The Labute approximate surface area is 167 Å². The van der Waals surface area contributed by atoms with Gasteiger partial charge in [-0.2, -0.15) is 0 Å². The lowest BCUT2D eigenvalue weighted by atomic mass is 9.79. The summed E-state index contributed by atoms with van der Waals surface area (Å²) in [7, 11) is -1.92. The van der Waals surface area contributed by atoms with Gasteiger partial charge in [-0.3, -0.25) is 0 Å². The number of hydroxylamine groups is 1. The van der Waals surface area contributed by atoms with E-state index in [0.717, 1.165) is 6.26 Å². The minimum atomic E-state index is -3.38. The molecule has 148 valence electrons. The molecular formula is C19H18ClNO6S. The zero-order valence-electron chi connectivity index (χ0n) is 15.3. The monoisotopic (exact) mass is 423 g/mol. The average Bonchev–Trinajstić information content (AvgIpc) is 2.99. The van der Waals surface area contributed by atoms with Gasteiger partial charge in [0.15, 0.2) is 9.84 Å². The largest absolute Gasteiger partial charge is 0.495 e. The summed E-state index contributed by atoms with van der Waals surface area (Å²) in [5, 5.41) is 10.4. The summed E-state index contributed by atoms with van der Waals surface area (Å²) in [5.41, 5.74) is 2.06. The van der Waals surface area contributed by atoms with Crippen LogP contribution >= 0.6 is 11.6 Å². The van der Waals surface area contributed by atoms with E-state index < -0.39 is 21.3 Å². The first-order valence-corrected chi connectivity index (χ1v) is 10.4. The summed E-state index contributed by atoms with van der Waals surface area (Å²) in [6.07, 6.45) is 1.10. The van der Waals surface area contributed by atoms with Crippen LogP contribution in [0.2, 0.25) is 5.02 Å². The first-order valence-electron chi connectivity index (χ1n) is 8.14. The molecule has 1 heterocycles. The fourth-order valence-corrected chi connectivity index (χ4v) is 4.07. The van der Waals surface area contributed by atoms with Crippen molar-refractivity contribution in [1.82, 2.24) is 5.48 Å². The van der Waals surface area contributed by atoms with Crippen molar-refractivity contribution in [2.45, 2.75) is 17.4 Å². The molecule has 0 spiro atoms. The summed E-state index contributed by atoms with van der Waals surface area (Å²) in [6.45, 7) is 1.63. The Kier molecular flexibility index (Phi) is 5.14.